The molecule has 3 atom stereocenters. The fraction of sp³-hybridized carbons (Fsp3) is 0.524. The molecule has 0 heterocycles. The summed E-state index contributed by atoms with van der Waals surface area (Å²) in [6.07, 6.45) is 0.120. The quantitative estimate of drug-likeness (QED) is 0.222. The average molecular weight is 485 g/mol. The van der Waals surface area contributed by atoms with E-state index < -0.39 is 57.9 Å². The minimum absolute atomic E-state index is 0.120. The topological polar surface area (TPSA) is 151 Å². The number of carbonyl (C=O) groups is 4. The number of nitrogens with two attached hydrogens (primary N) is 1. The fourth-order valence-electron chi connectivity index (χ4n) is 2.69. The molecule has 9 nitrogen and oxygen atoms in total. The molecule has 0 aliphatic carbocycles. The van der Waals surface area contributed by atoms with Crippen molar-refractivity contribution < 1.29 is 24.3 Å². The zero-order chi connectivity index (χ0) is 24.7. The molecule has 0 aromatic heterocycles. The molecule has 0 bridgehead atoms. The van der Waals surface area contributed by atoms with Gasteiger partial charge >= 0.3 is 5.97 Å². The van der Waals surface area contributed by atoms with E-state index in [9.17, 15) is 24.3 Å². The summed E-state index contributed by atoms with van der Waals surface area (Å²) in [7, 11) is 0. The Morgan fingerprint density at radius 2 is 1.53 bits per heavy atom. The number of carboxylic acids is 1. The number of nitrogens with one attached hydrogen (secondary N) is 3. The molecule has 0 spiro atoms. The predicted molar refractivity (Wildman–Crippen MR) is 129 cm³/mol. The van der Waals surface area contributed by atoms with Gasteiger partial charge in [0.2, 0.25) is 17.7 Å². The zero-order valence-corrected chi connectivity index (χ0v) is 20.4. The monoisotopic (exact) mass is 484 g/mol. The maximum atomic E-state index is 12.9. The van der Waals surface area contributed by atoms with Crippen molar-refractivity contribution in [2.75, 3.05) is 6.54 Å². The number of hydrogen-bond acceptors (Lipinski definition) is 7. The highest BCUT2D eigenvalue weighted by Crippen LogP contribution is 2.18. The van der Waals surface area contributed by atoms with Crippen LogP contribution in [0.2, 0.25) is 0 Å². The molecule has 0 aliphatic heterocycles. The van der Waals surface area contributed by atoms with Gasteiger partial charge in [0, 0.05) is 15.9 Å². The molecule has 178 valence electrons. The van der Waals surface area contributed by atoms with Crippen LogP contribution in [-0.2, 0) is 25.6 Å². The highest BCUT2D eigenvalue weighted by atomic mass is 32.1. The van der Waals surface area contributed by atoms with E-state index in [2.05, 4.69) is 41.2 Å². The first-order valence-corrected chi connectivity index (χ1v) is 10.9. The zero-order valence-electron chi connectivity index (χ0n) is 18.6. The molecular weight excluding hydrogens is 452 g/mol. The van der Waals surface area contributed by atoms with E-state index in [1.165, 1.54) is 0 Å². The largest absolute Gasteiger partial charge is 0.480 e. The minimum atomic E-state index is -1.29. The summed E-state index contributed by atoms with van der Waals surface area (Å²) in [6.45, 7) is 6.05. The predicted octanol–water partition coefficient (Wildman–Crippen LogP) is 0.144. The fourth-order valence-corrected chi connectivity index (χ4v) is 2.98. The first-order valence-electron chi connectivity index (χ1n) is 9.97. The average Bonchev–Trinajstić information content (AvgIpc) is 2.67. The van der Waals surface area contributed by atoms with Crippen LogP contribution in [0.15, 0.2) is 30.3 Å². The van der Waals surface area contributed by atoms with E-state index in [-0.39, 0.29) is 6.42 Å². The Morgan fingerprint density at radius 1 is 0.969 bits per heavy atom. The van der Waals surface area contributed by atoms with Crippen LogP contribution in [0.5, 0.6) is 0 Å². The normalized spacial score (nSPS) is 14.6. The Labute approximate surface area is 199 Å². The van der Waals surface area contributed by atoms with E-state index in [4.69, 9.17) is 5.73 Å². The molecule has 6 N–H and O–H groups in total. The third-order valence-corrected chi connectivity index (χ3v) is 5.18. The van der Waals surface area contributed by atoms with Crippen LogP contribution >= 0.6 is 25.3 Å². The van der Waals surface area contributed by atoms with Crippen LogP contribution in [0, 0.1) is 0 Å². The summed E-state index contributed by atoms with van der Waals surface area (Å²) >= 11 is 8.50. The Bertz CT molecular complexity index is 822. The molecule has 1 rings (SSSR count). The number of benzene rings is 1. The van der Waals surface area contributed by atoms with Gasteiger partial charge in [-0.3, -0.25) is 14.4 Å². The molecule has 0 saturated carbocycles. The maximum Gasteiger partial charge on any atom is 0.327 e. The Kier molecular flexibility index (Phi) is 10.1. The van der Waals surface area contributed by atoms with Gasteiger partial charge in [0.05, 0.1) is 12.6 Å². The lowest BCUT2D eigenvalue weighted by atomic mass is 10.0. The number of thiol groups is 2. The second kappa shape index (κ2) is 11.6. The van der Waals surface area contributed by atoms with E-state index in [0.29, 0.717) is 0 Å². The number of rotatable bonds is 11. The molecule has 1 aromatic rings. The molecule has 3 amide bonds. The van der Waals surface area contributed by atoms with Gasteiger partial charge in [0.25, 0.3) is 0 Å². The highest BCUT2D eigenvalue weighted by Gasteiger charge is 2.36. The molecule has 0 unspecified atom stereocenters. The minimum Gasteiger partial charge on any atom is -0.480 e. The third kappa shape index (κ3) is 9.09. The standard InChI is InChI=1S/C21H32N4O5S2/c1-20(2,31)15(22)18(28)23-11-14(26)24-13(10-12-8-6-5-7-9-12)17(27)25-16(19(29)30)21(3,4)32/h5-9,13,15-16,31-32H,10-11,22H2,1-4H3,(H,23,28)(H,24,26)(H,25,27)(H,29,30)/t13-,15+,16-/m0/s1. The summed E-state index contributed by atoms with van der Waals surface area (Å²) < 4.78 is -1.84. The number of aliphatic carboxylic acids is 1. The lowest BCUT2D eigenvalue weighted by Gasteiger charge is -2.29. The van der Waals surface area contributed by atoms with Crippen molar-refractivity contribution in [1.29, 1.82) is 0 Å². The van der Waals surface area contributed by atoms with Crippen LogP contribution in [0.4, 0.5) is 0 Å². The smallest absolute Gasteiger partial charge is 0.327 e. The first-order chi connectivity index (χ1) is 14.6. The highest BCUT2D eigenvalue weighted by molar-refractivity contribution is 7.82. The maximum absolute atomic E-state index is 12.9. The summed E-state index contributed by atoms with van der Waals surface area (Å²) in [5.41, 5.74) is 6.57. The number of amides is 3. The van der Waals surface area contributed by atoms with Gasteiger partial charge in [-0.15, -0.1) is 0 Å². The lowest BCUT2D eigenvalue weighted by Crippen LogP contribution is -2.58. The van der Waals surface area contributed by atoms with E-state index in [0.717, 1.165) is 5.56 Å². The second-order valence-corrected chi connectivity index (χ2v) is 10.9. The summed E-state index contributed by atoms with van der Waals surface area (Å²) in [5, 5.41) is 16.9. The van der Waals surface area contributed by atoms with Gasteiger partial charge in [0.15, 0.2) is 0 Å². The molecule has 1 aromatic carbocycles. The number of carboxylic acid groups (broad SMARTS) is 1. The summed E-state index contributed by atoms with van der Waals surface area (Å²) in [4.78, 5) is 49.0. The van der Waals surface area contributed by atoms with Gasteiger partial charge in [0.1, 0.15) is 12.1 Å². The SMILES string of the molecule is CC(C)(S)[C@H](N)C(=O)NCC(=O)N[C@@H](Cc1ccccc1)C(=O)N[C@@H](C(=O)O)C(C)(C)S. The molecule has 0 radical (unpaired) electrons. The van der Waals surface area contributed by atoms with Gasteiger partial charge in [-0.1, -0.05) is 30.3 Å². The second-order valence-electron chi connectivity index (χ2n) is 8.59. The Hall–Kier alpha value is -2.24. The number of carbonyl (C=O) groups excluding carboxylic acids is 3. The third-order valence-electron chi connectivity index (χ3n) is 4.64. The van der Waals surface area contributed by atoms with Crippen molar-refractivity contribution in [2.24, 2.45) is 5.73 Å². The van der Waals surface area contributed by atoms with Crippen LogP contribution in [0.3, 0.4) is 0 Å². The van der Waals surface area contributed by atoms with Crippen LogP contribution in [0.25, 0.3) is 0 Å². The van der Waals surface area contributed by atoms with E-state index in [1.54, 1.807) is 52.0 Å². The van der Waals surface area contributed by atoms with E-state index in [1.807, 2.05) is 6.07 Å². The Balaban J connectivity index is 2.92. The van der Waals surface area contributed by atoms with Crippen LogP contribution in [-0.4, -0.2) is 63.0 Å². The number of hydrogen-bond donors (Lipinski definition) is 7. The van der Waals surface area contributed by atoms with Crippen molar-refractivity contribution in [1.82, 2.24) is 16.0 Å². The van der Waals surface area contributed by atoms with Gasteiger partial charge in [-0.05, 0) is 33.3 Å². The van der Waals surface area contributed by atoms with Crippen molar-refractivity contribution in [2.45, 2.75) is 61.7 Å². The van der Waals surface area contributed by atoms with Gasteiger partial charge < -0.3 is 26.8 Å². The molecule has 0 fully saturated rings. The molecule has 0 aliphatic rings. The summed E-state index contributed by atoms with van der Waals surface area (Å²) in [5.74, 6) is -3.13. The van der Waals surface area contributed by atoms with Crippen molar-refractivity contribution in [3.8, 4) is 0 Å². The Morgan fingerprint density at radius 3 is 2.00 bits per heavy atom. The molecular formula is C21H32N4O5S2. The van der Waals surface area contributed by atoms with Crippen LogP contribution < -0.4 is 21.7 Å². The molecule has 0 saturated heterocycles. The van der Waals surface area contributed by atoms with Gasteiger partial charge in [-0.2, -0.15) is 25.3 Å². The lowest BCUT2D eigenvalue weighted by molar-refractivity contribution is -0.143. The van der Waals surface area contributed by atoms with Gasteiger partial charge in [-0.25, -0.2) is 4.79 Å². The first kappa shape index (κ1) is 27.8. The molecule has 11 heteroatoms. The van der Waals surface area contributed by atoms with Crippen LogP contribution in [0.1, 0.15) is 33.3 Å². The van der Waals surface area contributed by atoms with Crippen molar-refractivity contribution in [3.05, 3.63) is 35.9 Å². The van der Waals surface area contributed by atoms with E-state index >= 15 is 0 Å². The molecule has 32 heavy (non-hydrogen) atoms. The van der Waals surface area contributed by atoms with Crippen molar-refractivity contribution in [3.63, 3.8) is 0 Å². The van der Waals surface area contributed by atoms with Crippen molar-refractivity contribution >= 4 is 48.9 Å². The summed E-state index contributed by atoms with van der Waals surface area (Å²) in [6, 6.07) is 5.61.